The molecule has 0 spiro atoms. The van der Waals surface area contributed by atoms with Crippen LogP contribution in [0.3, 0.4) is 0 Å². The maximum absolute atomic E-state index is 12.9. The van der Waals surface area contributed by atoms with Crippen LogP contribution in [0.5, 0.6) is 0 Å². The molecule has 0 aromatic heterocycles. The van der Waals surface area contributed by atoms with E-state index in [0.29, 0.717) is 6.42 Å². The number of unbranched alkanes of at least 4 members (excludes halogenated alkanes) is 13. The standard InChI is InChI=1S/C48H81NO8/c1-3-5-7-9-11-13-15-17-19-20-21-22-24-26-28-30-32-34-36-38-44(52)49-41(40-56-48-47(55)46(54)45(53)43(39-50)57-48)42(51)37-35-33-31-29-27-25-23-18-16-14-12-10-8-6-4-2/h5,7,11,13,16-19,21-22,27,29,35,37,41-43,45-48,50-51,53-55H,3-4,6,8-10,12,14-15,20,23-26,28,30-34,36,38-40H2,1-2H3,(H,49,52)/b7-5-,13-11-,18-16+,19-17-,22-21-,29-27+,37-35+. The fourth-order valence-corrected chi connectivity index (χ4v) is 6.35. The molecule has 0 aliphatic carbocycles. The van der Waals surface area contributed by atoms with Gasteiger partial charge in [-0.15, -0.1) is 0 Å². The molecule has 9 nitrogen and oxygen atoms in total. The monoisotopic (exact) mass is 800 g/mol. The molecule has 9 heteroatoms. The molecule has 1 saturated heterocycles. The first kappa shape index (κ1) is 52.4. The Kier molecular flexibility index (Phi) is 34.6. The number of rotatable bonds is 35. The van der Waals surface area contributed by atoms with Crippen molar-refractivity contribution in [3.63, 3.8) is 0 Å². The second-order valence-corrected chi connectivity index (χ2v) is 15.1. The zero-order valence-corrected chi connectivity index (χ0v) is 35.6. The van der Waals surface area contributed by atoms with Gasteiger partial charge in [-0.3, -0.25) is 4.79 Å². The van der Waals surface area contributed by atoms with Crippen molar-refractivity contribution in [2.45, 2.75) is 198 Å². The van der Waals surface area contributed by atoms with Gasteiger partial charge in [0.1, 0.15) is 24.4 Å². The number of ether oxygens (including phenoxy) is 2. The number of allylic oxidation sites excluding steroid dienone is 13. The van der Waals surface area contributed by atoms with Gasteiger partial charge in [0.05, 0.1) is 25.4 Å². The van der Waals surface area contributed by atoms with Crippen molar-refractivity contribution in [2.24, 2.45) is 0 Å². The lowest BCUT2D eigenvalue weighted by molar-refractivity contribution is -0.302. The topological polar surface area (TPSA) is 149 Å². The first-order valence-electron chi connectivity index (χ1n) is 22.3. The summed E-state index contributed by atoms with van der Waals surface area (Å²) in [6.45, 7) is 3.59. The molecule has 0 aromatic carbocycles. The molecule has 0 aromatic rings. The molecule has 57 heavy (non-hydrogen) atoms. The van der Waals surface area contributed by atoms with Crippen molar-refractivity contribution in [3.05, 3.63) is 85.1 Å². The van der Waals surface area contributed by atoms with Crippen LogP contribution < -0.4 is 5.32 Å². The summed E-state index contributed by atoms with van der Waals surface area (Å²) < 4.78 is 11.2. The lowest BCUT2D eigenvalue weighted by Crippen LogP contribution is -2.60. The van der Waals surface area contributed by atoms with Gasteiger partial charge in [-0.2, -0.15) is 0 Å². The van der Waals surface area contributed by atoms with E-state index < -0.39 is 49.5 Å². The predicted molar refractivity (Wildman–Crippen MR) is 235 cm³/mol. The maximum atomic E-state index is 12.9. The Morgan fingerprint density at radius 3 is 1.68 bits per heavy atom. The highest BCUT2D eigenvalue weighted by molar-refractivity contribution is 5.76. The lowest BCUT2D eigenvalue weighted by Gasteiger charge is -2.40. The van der Waals surface area contributed by atoms with E-state index >= 15 is 0 Å². The third-order valence-corrected chi connectivity index (χ3v) is 9.93. The number of nitrogens with one attached hydrogen (secondary N) is 1. The second kappa shape index (κ2) is 37.6. The number of carbonyl (C=O) groups is 1. The molecule has 326 valence electrons. The van der Waals surface area contributed by atoms with Crippen LogP contribution >= 0.6 is 0 Å². The Hall–Kier alpha value is -2.63. The van der Waals surface area contributed by atoms with Gasteiger partial charge in [-0.1, -0.05) is 150 Å². The average Bonchev–Trinajstić information content (AvgIpc) is 3.21. The summed E-state index contributed by atoms with van der Waals surface area (Å²) >= 11 is 0. The van der Waals surface area contributed by atoms with E-state index in [2.05, 4.69) is 92.1 Å². The van der Waals surface area contributed by atoms with Gasteiger partial charge in [-0.05, 0) is 83.5 Å². The van der Waals surface area contributed by atoms with E-state index in [1.807, 2.05) is 6.08 Å². The first-order chi connectivity index (χ1) is 27.8. The van der Waals surface area contributed by atoms with Crippen molar-refractivity contribution in [3.8, 4) is 0 Å². The van der Waals surface area contributed by atoms with Crippen molar-refractivity contribution in [2.75, 3.05) is 13.2 Å². The van der Waals surface area contributed by atoms with E-state index in [1.165, 1.54) is 32.1 Å². The summed E-state index contributed by atoms with van der Waals surface area (Å²) in [5.41, 5.74) is 0. The van der Waals surface area contributed by atoms with Crippen molar-refractivity contribution >= 4 is 5.91 Å². The minimum atomic E-state index is -1.58. The van der Waals surface area contributed by atoms with Gasteiger partial charge in [-0.25, -0.2) is 0 Å². The second-order valence-electron chi connectivity index (χ2n) is 15.1. The molecule has 1 aliphatic rings. The largest absolute Gasteiger partial charge is 0.394 e. The van der Waals surface area contributed by atoms with Crippen molar-refractivity contribution < 1.29 is 39.8 Å². The SMILES string of the molecule is CC/C=C\C/C=C\C/C=C\C/C=C\CCCCCCCCC(=O)NC(COC1OC(CO)C(O)C(O)C1O)C(O)/C=C/CC/C=C/CC/C=C/CCCCCCC. The van der Waals surface area contributed by atoms with Crippen LogP contribution in [0.1, 0.15) is 155 Å². The van der Waals surface area contributed by atoms with Gasteiger partial charge < -0.3 is 40.3 Å². The molecule has 6 N–H and O–H groups in total. The Labute approximate surface area is 346 Å². The Morgan fingerprint density at radius 2 is 1.11 bits per heavy atom. The molecule has 1 rings (SSSR count). The van der Waals surface area contributed by atoms with Crippen molar-refractivity contribution in [1.29, 1.82) is 0 Å². The normalized spacial score (nSPS) is 21.8. The van der Waals surface area contributed by atoms with Crippen LogP contribution in [0.25, 0.3) is 0 Å². The Bertz CT molecular complexity index is 1160. The van der Waals surface area contributed by atoms with Crippen LogP contribution in [0.15, 0.2) is 85.1 Å². The fraction of sp³-hybridized carbons (Fsp3) is 0.688. The average molecular weight is 800 g/mol. The number of aliphatic hydroxyl groups excluding tert-OH is 5. The quantitative estimate of drug-likeness (QED) is 0.0275. The van der Waals surface area contributed by atoms with E-state index in [-0.39, 0.29) is 12.5 Å². The van der Waals surface area contributed by atoms with Crippen LogP contribution in [0.2, 0.25) is 0 Å². The van der Waals surface area contributed by atoms with Gasteiger partial charge >= 0.3 is 0 Å². The molecule has 0 bridgehead atoms. The lowest BCUT2D eigenvalue weighted by atomic mass is 9.99. The van der Waals surface area contributed by atoms with Crippen LogP contribution in [-0.2, 0) is 14.3 Å². The Balaban J connectivity index is 2.42. The van der Waals surface area contributed by atoms with E-state index in [4.69, 9.17) is 9.47 Å². The molecular formula is C48H81NO8. The number of aliphatic hydroxyl groups is 5. The summed E-state index contributed by atoms with van der Waals surface area (Å²) in [4.78, 5) is 12.9. The van der Waals surface area contributed by atoms with E-state index in [9.17, 15) is 30.3 Å². The minimum absolute atomic E-state index is 0.210. The van der Waals surface area contributed by atoms with Crippen LogP contribution in [0.4, 0.5) is 0 Å². The van der Waals surface area contributed by atoms with Crippen LogP contribution in [-0.4, -0.2) is 87.5 Å². The zero-order valence-electron chi connectivity index (χ0n) is 35.6. The predicted octanol–water partition coefficient (Wildman–Crippen LogP) is 9.16. The van der Waals surface area contributed by atoms with E-state index in [1.54, 1.807) is 6.08 Å². The highest BCUT2D eigenvalue weighted by atomic mass is 16.7. The first-order valence-corrected chi connectivity index (χ1v) is 22.3. The fourth-order valence-electron chi connectivity index (χ4n) is 6.35. The summed E-state index contributed by atoms with van der Waals surface area (Å²) in [6.07, 6.45) is 44.7. The Morgan fingerprint density at radius 1 is 0.614 bits per heavy atom. The minimum Gasteiger partial charge on any atom is -0.394 e. The number of amides is 1. The smallest absolute Gasteiger partial charge is 0.220 e. The maximum Gasteiger partial charge on any atom is 0.220 e. The number of carbonyl (C=O) groups excluding carboxylic acids is 1. The van der Waals surface area contributed by atoms with E-state index in [0.717, 1.165) is 103 Å². The number of hydrogen-bond acceptors (Lipinski definition) is 8. The summed E-state index contributed by atoms with van der Waals surface area (Å²) in [5, 5.41) is 54.1. The molecular weight excluding hydrogens is 719 g/mol. The molecule has 0 radical (unpaired) electrons. The molecule has 1 fully saturated rings. The van der Waals surface area contributed by atoms with Crippen LogP contribution in [0, 0.1) is 0 Å². The van der Waals surface area contributed by atoms with Gasteiger partial charge in [0.2, 0.25) is 5.91 Å². The molecule has 1 heterocycles. The summed E-state index contributed by atoms with van der Waals surface area (Å²) in [5.74, 6) is -0.210. The molecule has 1 aliphatic heterocycles. The summed E-state index contributed by atoms with van der Waals surface area (Å²) in [6, 6.07) is -0.839. The highest BCUT2D eigenvalue weighted by Gasteiger charge is 2.44. The van der Waals surface area contributed by atoms with Gasteiger partial charge in [0.15, 0.2) is 6.29 Å². The van der Waals surface area contributed by atoms with Gasteiger partial charge in [0, 0.05) is 6.42 Å². The van der Waals surface area contributed by atoms with Crippen molar-refractivity contribution in [1.82, 2.24) is 5.32 Å². The van der Waals surface area contributed by atoms with Gasteiger partial charge in [0.25, 0.3) is 0 Å². The summed E-state index contributed by atoms with van der Waals surface area (Å²) in [7, 11) is 0. The molecule has 7 unspecified atom stereocenters. The number of hydrogen-bond donors (Lipinski definition) is 6. The zero-order chi connectivity index (χ0) is 41.6. The third kappa shape index (κ3) is 28.4. The third-order valence-electron chi connectivity index (χ3n) is 9.93. The molecule has 7 atom stereocenters. The molecule has 1 amide bonds. The molecule has 0 saturated carbocycles. The highest BCUT2D eigenvalue weighted by Crippen LogP contribution is 2.22.